The second-order valence-electron chi connectivity index (χ2n) is 10.0. The zero-order valence-electron chi connectivity index (χ0n) is 20.3. The molecule has 0 radical (unpaired) electrons. The molecule has 0 saturated heterocycles. The van der Waals surface area contributed by atoms with Gasteiger partial charge in [0.15, 0.2) is 0 Å². The first-order valence-electron chi connectivity index (χ1n) is 12.7. The summed E-state index contributed by atoms with van der Waals surface area (Å²) in [5.41, 5.74) is 2.63. The number of methoxy groups -OCH3 is 1. The van der Waals surface area contributed by atoms with Gasteiger partial charge in [-0.05, 0) is 62.5 Å². The van der Waals surface area contributed by atoms with Gasteiger partial charge in [0.25, 0.3) is 5.91 Å². The highest BCUT2D eigenvalue weighted by Crippen LogP contribution is 2.41. The van der Waals surface area contributed by atoms with Crippen molar-refractivity contribution in [1.29, 1.82) is 0 Å². The summed E-state index contributed by atoms with van der Waals surface area (Å²) >= 11 is 1.67. The van der Waals surface area contributed by atoms with Crippen LogP contribution in [0, 0.1) is 11.8 Å². The molecule has 3 heterocycles. The summed E-state index contributed by atoms with van der Waals surface area (Å²) in [6.45, 7) is 0.721. The van der Waals surface area contributed by atoms with Crippen molar-refractivity contribution in [3.8, 4) is 5.88 Å². The van der Waals surface area contributed by atoms with Gasteiger partial charge < -0.3 is 15.4 Å². The molecule has 1 amide bonds. The van der Waals surface area contributed by atoms with E-state index in [9.17, 15) is 9.59 Å². The van der Waals surface area contributed by atoms with Gasteiger partial charge in [0.05, 0.1) is 24.6 Å². The van der Waals surface area contributed by atoms with Crippen molar-refractivity contribution >= 4 is 34.7 Å². The fraction of sp³-hybridized carbons (Fsp3) is 0.500. The van der Waals surface area contributed by atoms with Gasteiger partial charge >= 0.3 is 0 Å². The van der Waals surface area contributed by atoms with E-state index in [4.69, 9.17) is 4.74 Å². The Morgan fingerprint density at radius 2 is 2.06 bits per heavy atom. The summed E-state index contributed by atoms with van der Waals surface area (Å²) in [4.78, 5) is 32.5. The van der Waals surface area contributed by atoms with E-state index in [0.717, 1.165) is 53.9 Å². The van der Waals surface area contributed by atoms with Gasteiger partial charge in [0.2, 0.25) is 11.8 Å². The average Bonchev–Trinajstić information content (AvgIpc) is 3.82. The molecule has 1 atom stereocenters. The minimum atomic E-state index is -0.0231. The van der Waals surface area contributed by atoms with E-state index in [1.54, 1.807) is 37.0 Å². The number of amides is 1. The van der Waals surface area contributed by atoms with Crippen LogP contribution in [0.2, 0.25) is 0 Å². The zero-order valence-corrected chi connectivity index (χ0v) is 21.1. The van der Waals surface area contributed by atoms with Crippen LogP contribution >= 0.6 is 11.3 Å². The molecule has 3 aliphatic carbocycles. The van der Waals surface area contributed by atoms with Crippen LogP contribution in [0.5, 0.6) is 5.88 Å². The topological polar surface area (TPSA) is 111 Å². The van der Waals surface area contributed by atoms with Crippen LogP contribution in [0.1, 0.15) is 63.8 Å². The molecule has 0 aromatic carbocycles. The summed E-state index contributed by atoms with van der Waals surface area (Å²) in [7, 11) is 1.58. The van der Waals surface area contributed by atoms with Crippen molar-refractivity contribution in [2.45, 2.75) is 57.4 Å². The number of aromatic nitrogens is 4. The quantitative estimate of drug-likeness (QED) is 0.429. The Morgan fingerprint density at radius 1 is 1.19 bits per heavy atom. The number of thiophene rings is 1. The molecule has 36 heavy (non-hydrogen) atoms. The lowest BCUT2D eigenvalue weighted by atomic mass is 9.90. The predicted molar refractivity (Wildman–Crippen MR) is 136 cm³/mol. The van der Waals surface area contributed by atoms with Gasteiger partial charge in [-0.1, -0.05) is 0 Å². The van der Waals surface area contributed by atoms with Crippen LogP contribution < -0.4 is 15.4 Å². The molecule has 0 spiro atoms. The first-order valence-corrected chi connectivity index (χ1v) is 13.5. The number of anilines is 2. The zero-order chi connectivity index (χ0) is 24.6. The molecule has 9 nitrogen and oxygen atoms in total. The number of rotatable bonds is 10. The van der Waals surface area contributed by atoms with Gasteiger partial charge in [-0.3, -0.25) is 14.2 Å². The molecule has 3 aromatic heterocycles. The molecule has 10 heteroatoms. The van der Waals surface area contributed by atoms with Gasteiger partial charge in [-0.25, -0.2) is 4.98 Å². The Bertz CT molecular complexity index is 1280. The van der Waals surface area contributed by atoms with Crippen molar-refractivity contribution in [2.24, 2.45) is 11.8 Å². The average molecular weight is 507 g/mol. The molecule has 2 fully saturated rings. The Morgan fingerprint density at radius 3 is 2.78 bits per heavy atom. The molecule has 0 unspecified atom stereocenters. The fourth-order valence-electron chi connectivity index (χ4n) is 4.91. The van der Waals surface area contributed by atoms with E-state index in [1.165, 1.54) is 17.7 Å². The molecule has 3 aromatic rings. The lowest BCUT2D eigenvalue weighted by molar-refractivity contribution is -0.119. The first-order chi connectivity index (χ1) is 17.6. The van der Waals surface area contributed by atoms with Crippen LogP contribution in [-0.2, 0) is 24.1 Å². The lowest BCUT2D eigenvalue weighted by Gasteiger charge is -2.25. The highest BCUT2D eigenvalue weighted by Gasteiger charge is 2.35. The van der Waals surface area contributed by atoms with Gasteiger partial charge in [-0.2, -0.15) is 0 Å². The Kier molecular flexibility index (Phi) is 6.20. The summed E-state index contributed by atoms with van der Waals surface area (Å²) in [6, 6.07) is 3.78. The molecule has 2 N–H and O–H groups in total. The third-order valence-corrected chi connectivity index (χ3v) is 8.61. The number of hydrogen-bond acceptors (Lipinski definition) is 8. The van der Waals surface area contributed by atoms with Crippen LogP contribution in [0.4, 0.5) is 11.6 Å². The highest BCUT2D eigenvalue weighted by atomic mass is 32.1. The molecular formula is C26H30N6O3S. The molecule has 6 rings (SSSR count). The number of pyridine rings is 1. The first kappa shape index (κ1) is 23.1. The molecule has 3 aliphatic rings. The number of fused-ring (bicyclic) bond motifs is 1. The van der Waals surface area contributed by atoms with Crippen LogP contribution in [-0.4, -0.2) is 45.1 Å². The van der Waals surface area contributed by atoms with E-state index >= 15 is 0 Å². The van der Waals surface area contributed by atoms with E-state index in [1.807, 2.05) is 10.6 Å². The summed E-state index contributed by atoms with van der Waals surface area (Å²) < 4.78 is 7.19. The van der Waals surface area contributed by atoms with Gasteiger partial charge in [0, 0.05) is 40.7 Å². The highest BCUT2D eigenvalue weighted by molar-refractivity contribution is 7.12. The number of Topliss-reactive ketones (excluding diaryl/α,β-unsaturated/α-hetero) is 1. The standard InChI is InChI=1S/C26H30N6O3S/c1-35-23-9-6-17(13-27-23)30-26-31-29-14-32(26)18-7-8-21-19(10-18)24(25(34)28-12-15-2-3-15)22(36-21)11-20(33)16-4-5-16/h6,9,13-16,18H,2-5,7-8,10-12H2,1H3,(H,28,34)(H,30,31)/t18-/m0/s1. The maximum Gasteiger partial charge on any atom is 0.252 e. The van der Waals surface area contributed by atoms with E-state index in [-0.39, 0.29) is 23.7 Å². The number of nitrogens with one attached hydrogen (secondary N) is 2. The Hall–Kier alpha value is -3.27. The minimum absolute atomic E-state index is 0.0231. The summed E-state index contributed by atoms with van der Waals surface area (Å²) in [5, 5.41) is 14.9. The van der Waals surface area contributed by atoms with Crippen molar-refractivity contribution < 1.29 is 14.3 Å². The van der Waals surface area contributed by atoms with Crippen LogP contribution in [0.3, 0.4) is 0 Å². The lowest BCUT2D eigenvalue weighted by Crippen LogP contribution is -2.28. The fourth-order valence-corrected chi connectivity index (χ4v) is 6.26. The van der Waals surface area contributed by atoms with Crippen molar-refractivity contribution in [3.63, 3.8) is 0 Å². The maximum absolute atomic E-state index is 13.4. The number of carbonyl (C=O) groups excluding carboxylic acids is 2. The third kappa shape index (κ3) is 4.86. The van der Waals surface area contributed by atoms with E-state index < -0.39 is 0 Å². The molecule has 2 saturated carbocycles. The number of ether oxygens (including phenoxy) is 1. The normalized spacial score (nSPS) is 19.0. The number of ketones is 1. The maximum atomic E-state index is 13.4. The monoisotopic (exact) mass is 506 g/mol. The largest absolute Gasteiger partial charge is 0.481 e. The summed E-state index contributed by atoms with van der Waals surface area (Å²) in [5.74, 6) is 2.23. The molecule has 0 bridgehead atoms. The Labute approximate surface area is 213 Å². The molecule has 188 valence electrons. The van der Waals surface area contributed by atoms with Crippen LogP contribution in [0.15, 0.2) is 24.7 Å². The number of hydrogen-bond donors (Lipinski definition) is 2. The van der Waals surface area contributed by atoms with Crippen molar-refractivity contribution in [3.05, 3.63) is 45.5 Å². The minimum Gasteiger partial charge on any atom is -0.481 e. The number of nitrogens with zero attached hydrogens (tertiary/aromatic N) is 4. The molecular weight excluding hydrogens is 476 g/mol. The van der Waals surface area contributed by atoms with Gasteiger partial charge in [0.1, 0.15) is 12.1 Å². The van der Waals surface area contributed by atoms with E-state index in [2.05, 4.69) is 25.8 Å². The predicted octanol–water partition coefficient (Wildman–Crippen LogP) is 3.88. The molecule has 0 aliphatic heterocycles. The van der Waals surface area contributed by atoms with Crippen LogP contribution in [0.25, 0.3) is 0 Å². The van der Waals surface area contributed by atoms with Crippen molar-refractivity contribution in [2.75, 3.05) is 19.0 Å². The number of carbonyl (C=O) groups is 2. The van der Waals surface area contributed by atoms with E-state index in [0.29, 0.717) is 30.6 Å². The van der Waals surface area contributed by atoms with Crippen molar-refractivity contribution in [1.82, 2.24) is 25.1 Å². The second-order valence-corrected chi connectivity index (χ2v) is 11.2. The number of aryl methyl sites for hydroxylation is 1. The summed E-state index contributed by atoms with van der Waals surface area (Å²) in [6.07, 6.45) is 10.7. The smallest absolute Gasteiger partial charge is 0.252 e. The third-order valence-electron chi connectivity index (χ3n) is 7.32. The van der Waals surface area contributed by atoms with Gasteiger partial charge in [-0.15, -0.1) is 21.5 Å². The SMILES string of the molecule is COc1ccc(Nc2nncn2[C@H]2CCc3sc(CC(=O)C4CC4)c(C(=O)NCC4CC4)c3C2)cn1. The Balaban J connectivity index is 1.25. The second kappa shape index (κ2) is 9.65.